The van der Waals surface area contributed by atoms with E-state index >= 15 is 0 Å². The van der Waals surface area contributed by atoms with Crippen LogP contribution in [0.2, 0.25) is 0 Å². The van der Waals surface area contributed by atoms with E-state index in [4.69, 9.17) is 5.26 Å². The van der Waals surface area contributed by atoms with Crippen molar-refractivity contribution in [2.24, 2.45) is 0 Å². The third kappa shape index (κ3) is 2.62. The Morgan fingerprint density at radius 3 is 2.81 bits per heavy atom. The van der Waals surface area contributed by atoms with E-state index in [1.807, 2.05) is 48.1 Å². The molecule has 6 heteroatoms. The molecular weight excluding hydrogens is 264 g/mol. The first kappa shape index (κ1) is 12.9. The van der Waals surface area contributed by atoms with Crippen LogP contribution in [0.3, 0.4) is 0 Å². The summed E-state index contributed by atoms with van der Waals surface area (Å²) in [6.45, 7) is 0. The fourth-order valence-corrected chi connectivity index (χ4v) is 2.07. The normalized spacial score (nSPS) is 10.3. The number of hydrogen-bond donors (Lipinski definition) is 2. The lowest BCUT2D eigenvalue weighted by atomic mass is 10.1. The zero-order valence-electron chi connectivity index (χ0n) is 11.5. The Morgan fingerprint density at radius 2 is 2.10 bits per heavy atom. The van der Waals surface area contributed by atoms with Gasteiger partial charge in [-0.1, -0.05) is 12.1 Å². The van der Waals surface area contributed by atoms with E-state index in [-0.39, 0.29) is 0 Å². The minimum absolute atomic E-state index is 0.415. The molecule has 0 radical (unpaired) electrons. The maximum Gasteiger partial charge on any atom is 0.180 e. The number of fused-ring (bicyclic) bond motifs is 1. The highest BCUT2D eigenvalue weighted by Gasteiger charge is 2.07. The Bertz CT molecular complexity index is 797. The van der Waals surface area contributed by atoms with Gasteiger partial charge in [0.1, 0.15) is 5.82 Å². The highest BCUT2D eigenvalue weighted by Crippen LogP contribution is 2.21. The van der Waals surface area contributed by atoms with Gasteiger partial charge in [0.15, 0.2) is 11.5 Å². The van der Waals surface area contributed by atoms with Crippen LogP contribution in [0.15, 0.2) is 42.9 Å². The number of anilines is 3. The topological polar surface area (TPSA) is 78.0 Å². The summed E-state index contributed by atoms with van der Waals surface area (Å²) in [7, 11) is 1.82. The summed E-state index contributed by atoms with van der Waals surface area (Å²) in [5.74, 6) is 1.43. The fourth-order valence-electron chi connectivity index (χ4n) is 2.07. The van der Waals surface area contributed by atoms with Crippen molar-refractivity contribution in [1.29, 1.82) is 5.26 Å². The predicted molar refractivity (Wildman–Crippen MR) is 81.6 cm³/mol. The molecule has 21 heavy (non-hydrogen) atoms. The maximum absolute atomic E-state index is 8.68. The molecule has 0 amide bonds. The van der Waals surface area contributed by atoms with Crippen LogP contribution < -0.4 is 10.6 Å². The van der Waals surface area contributed by atoms with Crippen LogP contribution in [0.25, 0.3) is 5.65 Å². The molecule has 3 aromatic rings. The Kier molecular flexibility index (Phi) is 3.39. The van der Waals surface area contributed by atoms with Gasteiger partial charge >= 0.3 is 0 Å². The summed E-state index contributed by atoms with van der Waals surface area (Å²) < 4.78 is 1.91. The molecule has 3 rings (SSSR count). The first-order chi connectivity index (χ1) is 10.3. The lowest BCUT2D eigenvalue weighted by Crippen LogP contribution is -2.02. The third-order valence-corrected chi connectivity index (χ3v) is 3.13. The highest BCUT2D eigenvalue weighted by atomic mass is 15.1. The van der Waals surface area contributed by atoms with Crippen molar-refractivity contribution >= 4 is 23.0 Å². The monoisotopic (exact) mass is 278 g/mol. The molecule has 0 atom stereocenters. The predicted octanol–water partition coefficient (Wildman–Crippen LogP) is 2.58. The molecule has 0 spiro atoms. The van der Waals surface area contributed by atoms with E-state index in [0.29, 0.717) is 12.2 Å². The van der Waals surface area contributed by atoms with E-state index in [1.54, 1.807) is 6.20 Å². The SMILES string of the molecule is CNc1cn2ccnc2c(Nc2ccc(CC#N)cc2)n1. The van der Waals surface area contributed by atoms with Crippen LogP contribution in [0.1, 0.15) is 5.56 Å². The summed E-state index contributed by atoms with van der Waals surface area (Å²) in [6, 6.07) is 9.85. The summed E-state index contributed by atoms with van der Waals surface area (Å²) in [6.07, 6.45) is 5.90. The van der Waals surface area contributed by atoms with Crippen molar-refractivity contribution in [3.63, 3.8) is 0 Å². The number of nitriles is 1. The van der Waals surface area contributed by atoms with Crippen molar-refractivity contribution in [3.8, 4) is 6.07 Å². The minimum atomic E-state index is 0.415. The van der Waals surface area contributed by atoms with Crippen molar-refractivity contribution in [2.75, 3.05) is 17.7 Å². The highest BCUT2D eigenvalue weighted by molar-refractivity contribution is 5.71. The van der Waals surface area contributed by atoms with Crippen molar-refractivity contribution in [3.05, 3.63) is 48.4 Å². The van der Waals surface area contributed by atoms with Gasteiger partial charge in [-0.2, -0.15) is 5.26 Å². The average molecular weight is 278 g/mol. The second kappa shape index (κ2) is 5.51. The fraction of sp³-hybridized carbons (Fsp3) is 0.133. The molecule has 0 saturated heterocycles. The second-order valence-electron chi connectivity index (χ2n) is 4.54. The quantitative estimate of drug-likeness (QED) is 0.767. The van der Waals surface area contributed by atoms with Gasteiger partial charge in [-0.25, -0.2) is 9.97 Å². The van der Waals surface area contributed by atoms with E-state index in [0.717, 1.165) is 22.7 Å². The molecule has 0 aliphatic heterocycles. The van der Waals surface area contributed by atoms with Gasteiger partial charge in [-0.15, -0.1) is 0 Å². The summed E-state index contributed by atoms with van der Waals surface area (Å²) in [5, 5.41) is 15.0. The Hall–Kier alpha value is -3.07. The maximum atomic E-state index is 8.68. The Labute approximate surface area is 122 Å². The molecule has 104 valence electrons. The number of nitrogens with zero attached hydrogens (tertiary/aromatic N) is 4. The Balaban J connectivity index is 1.93. The zero-order valence-corrected chi connectivity index (χ0v) is 11.5. The molecule has 2 heterocycles. The number of benzene rings is 1. The molecule has 1 aromatic carbocycles. The molecule has 0 aliphatic rings. The van der Waals surface area contributed by atoms with E-state index in [1.165, 1.54) is 0 Å². The molecule has 0 saturated carbocycles. The third-order valence-electron chi connectivity index (χ3n) is 3.13. The van der Waals surface area contributed by atoms with Crippen LogP contribution in [-0.4, -0.2) is 21.4 Å². The second-order valence-corrected chi connectivity index (χ2v) is 4.54. The molecule has 2 N–H and O–H groups in total. The first-order valence-electron chi connectivity index (χ1n) is 6.54. The molecule has 0 fully saturated rings. The lowest BCUT2D eigenvalue weighted by molar-refractivity contribution is 1.12. The van der Waals surface area contributed by atoms with Crippen molar-refractivity contribution in [2.45, 2.75) is 6.42 Å². The lowest BCUT2D eigenvalue weighted by Gasteiger charge is -2.09. The molecule has 0 bridgehead atoms. The molecular formula is C15H14N6. The van der Waals surface area contributed by atoms with E-state index in [9.17, 15) is 0 Å². The summed E-state index contributed by atoms with van der Waals surface area (Å²) in [4.78, 5) is 8.79. The van der Waals surface area contributed by atoms with Crippen LogP contribution >= 0.6 is 0 Å². The van der Waals surface area contributed by atoms with Gasteiger partial charge in [0.05, 0.1) is 18.7 Å². The van der Waals surface area contributed by atoms with Gasteiger partial charge < -0.3 is 15.0 Å². The standard InChI is InChI=1S/C15H14N6/c1-17-13-10-21-9-8-18-15(21)14(20-13)19-12-4-2-11(3-5-12)6-7-16/h2-5,8-10,17H,6H2,1H3,(H,19,20). The van der Waals surface area contributed by atoms with Gasteiger partial charge in [0.2, 0.25) is 0 Å². The molecule has 6 nitrogen and oxygen atoms in total. The number of nitrogens with one attached hydrogen (secondary N) is 2. The van der Waals surface area contributed by atoms with Gasteiger partial charge in [-0.05, 0) is 17.7 Å². The number of imidazole rings is 1. The van der Waals surface area contributed by atoms with Gasteiger partial charge in [0, 0.05) is 25.1 Å². The average Bonchev–Trinajstić information content (AvgIpc) is 2.98. The summed E-state index contributed by atoms with van der Waals surface area (Å²) in [5.41, 5.74) is 2.66. The molecule has 0 aliphatic carbocycles. The van der Waals surface area contributed by atoms with E-state index < -0.39 is 0 Å². The van der Waals surface area contributed by atoms with Crippen LogP contribution in [0.5, 0.6) is 0 Å². The van der Waals surface area contributed by atoms with E-state index in [2.05, 4.69) is 26.7 Å². The Morgan fingerprint density at radius 1 is 1.29 bits per heavy atom. The van der Waals surface area contributed by atoms with Crippen LogP contribution in [-0.2, 0) is 6.42 Å². The summed E-state index contributed by atoms with van der Waals surface area (Å²) >= 11 is 0. The number of rotatable bonds is 4. The number of aromatic nitrogens is 3. The van der Waals surface area contributed by atoms with Crippen LogP contribution in [0.4, 0.5) is 17.3 Å². The van der Waals surface area contributed by atoms with Crippen molar-refractivity contribution < 1.29 is 0 Å². The zero-order chi connectivity index (χ0) is 14.7. The molecule has 0 unspecified atom stereocenters. The largest absolute Gasteiger partial charge is 0.372 e. The molecule has 2 aromatic heterocycles. The smallest absolute Gasteiger partial charge is 0.180 e. The minimum Gasteiger partial charge on any atom is -0.372 e. The van der Waals surface area contributed by atoms with Gasteiger partial charge in [-0.3, -0.25) is 0 Å². The van der Waals surface area contributed by atoms with Crippen LogP contribution in [0, 0.1) is 11.3 Å². The number of hydrogen-bond acceptors (Lipinski definition) is 5. The van der Waals surface area contributed by atoms with Crippen molar-refractivity contribution in [1.82, 2.24) is 14.4 Å². The first-order valence-corrected chi connectivity index (χ1v) is 6.54. The van der Waals surface area contributed by atoms with Gasteiger partial charge in [0.25, 0.3) is 0 Å².